The maximum Gasteiger partial charge on any atom is 0.271 e. The number of methoxy groups -OCH3 is 1. The maximum atomic E-state index is 13.6. The Balaban J connectivity index is 1.71. The summed E-state index contributed by atoms with van der Waals surface area (Å²) in [6.07, 6.45) is 0. The van der Waals surface area contributed by atoms with Crippen LogP contribution in [0.2, 0.25) is 0 Å². The van der Waals surface area contributed by atoms with Crippen molar-refractivity contribution in [2.75, 3.05) is 7.11 Å². The minimum absolute atomic E-state index is 0.0191. The molecule has 0 bridgehead atoms. The molecule has 0 spiro atoms. The van der Waals surface area contributed by atoms with Gasteiger partial charge in [0, 0.05) is 22.3 Å². The van der Waals surface area contributed by atoms with E-state index in [2.05, 4.69) is 9.97 Å². The molecule has 0 aliphatic heterocycles. The van der Waals surface area contributed by atoms with Crippen LogP contribution < -0.4 is 4.74 Å². The fourth-order valence-electron chi connectivity index (χ4n) is 3.46. The molecule has 0 saturated heterocycles. The van der Waals surface area contributed by atoms with E-state index in [-0.39, 0.29) is 5.91 Å². The molecule has 0 saturated carbocycles. The number of hydrogen-bond acceptors (Lipinski definition) is 4. The van der Waals surface area contributed by atoms with Gasteiger partial charge in [-0.3, -0.25) is 4.79 Å². The zero-order valence-electron chi connectivity index (χ0n) is 16.7. The molecule has 1 N–H and O–H groups in total. The Labute approximate surface area is 174 Å². The number of carbonyl (C=O) groups excluding carboxylic acids is 1. The lowest BCUT2D eigenvalue weighted by Crippen LogP contribution is -2.30. The molecule has 0 aliphatic carbocycles. The molecule has 4 rings (SSSR count). The molecule has 2 heterocycles. The lowest BCUT2D eigenvalue weighted by atomic mass is 10.1. The first-order chi connectivity index (χ1) is 14.1. The van der Waals surface area contributed by atoms with Gasteiger partial charge in [-0.25, -0.2) is 4.98 Å². The molecule has 4 aromatic rings. The lowest BCUT2D eigenvalue weighted by Gasteiger charge is -2.22. The van der Waals surface area contributed by atoms with Crippen molar-refractivity contribution in [3.63, 3.8) is 0 Å². The number of fused-ring (bicyclic) bond motifs is 1. The van der Waals surface area contributed by atoms with Gasteiger partial charge < -0.3 is 14.6 Å². The number of rotatable bonds is 6. The molecule has 29 heavy (non-hydrogen) atoms. The monoisotopic (exact) mass is 405 g/mol. The highest BCUT2D eigenvalue weighted by Crippen LogP contribution is 2.28. The third kappa shape index (κ3) is 3.89. The summed E-state index contributed by atoms with van der Waals surface area (Å²) in [6, 6.07) is 15.9. The number of aromatic amines is 1. The summed E-state index contributed by atoms with van der Waals surface area (Å²) in [6.45, 7) is 5.03. The van der Waals surface area contributed by atoms with Crippen LogP contribution in [-0.4, -0.2) is 27.9 Å². The summed E-state index contributed by atoms with van der Waals surface area (Å²) in [5, 5.41) is 1.00. The number of aromatic nitrogens is 2. The summed E-state index contributed by atoms with van der Waals surface area (Å²) in [5.74, 6) is 0.759. The van der Waals surface area contributed by atoms with Crippen molar-refractivity contribution < 1.29 is 9.53 Å². The zero-order chi connectivity index (χ0) is 20.4. The summed E-state index contributed by atoms with van der Waals surface area (Å²) < 4.78 is 5.34. The first-order valence-electron chi connectivity index (χ1n) is 9.45. The Morgan fingerprint density at radius 1 is 1.14 bits per heavy atom. The molecule has 0 atom stereocenters. The molecular formula is C23H23N3O2S. The number of benzene rings is 2. The van der Waals surface area contributed by atoms with Crippen LogP contribution in [0.4, 0.5) is 0 Å². The Kier molecular flexibility index (Phi) is 5.36. The second kappa shape index (κ2) is 8.09. The summed E-state index contributed by atoms with van der Waals surface area (Å²) in [4.78, 5) is 24.2. The van der Waals surface area contributed by atoms with Crippen molar-refractivity contribution in [3.05, 3.63) is 81.4 Å². The van der Waals surface area contributed by atoms with Crippen molar-refractivity contribution in [1.29, 1.82) is 0 Å². The highest BCUT2D eigenvalue weighted by atomic mass is 32.1. The van der Waals surface area contributed by atoms with Gasteiger partial charge in [0.05, 0.1) is 24.9 Å². The Hall–Kier alpha value is -3.12. The molecule has 148 valence electrons. The van der Waals surface area contributed by atoms with E-state index in [1.807, 2.05) is 72.8 Å². The smallest absolute Gasteiger partial charge is 0.271 e. The zero-order valence-corrected chi connectivity index (χ0v) is 17.5. The number of nitrogens with one attached hydrogen (secondary N) is 1. The highest BCUT2D eigenvalue weighted by Gasteiger charge is 2.23. The fraction of sp³-hybridized carbons (Fsp3) is 0.217. The molecule has 2 aromatic carbocycles. The van der Waals surface area contributed by atoms with E-state index >= 15 is 0 Å². The van der Waals surface area contributed by atoms with Crippen LogP contribution in [0.3, 0.4) is 0 Å². The van der Waals surface area contributed by atoms with E-state index in [1.54, 1.807) is 18.4 Å². The highest BCUT2D eigenvalue weighted by molar-refractivity contribution is 7.09. The van der Waals surface area contributed by atoms with E-state index in [4.69, 9.17) is 4.74 Å². The first-order valence-corrected chi connectivity index (χ1v) is 10.3. The molecule has 0 aliphatic rings. The van der Waals surface area contributed by atoms with E-state index in [0.29, 0.717) is 18.8 Å². The van der Waals surface area contributed by atoms with Gasteiger partial charge in [-0.05, 0) is 43.2 Å². The summed E-state index contributed by atoms with van der Waals surface area (Å²) in [7, 11) is 1.65. The number of amides is 1. The van der Waals surface area contributed by atoms with E-state index in [9.17, 15) is 4.79 Å². The fourth-order valence-corrected chi connectivity index (χ4v) is 4.25. The minimum Gasteiger partial charge on any atom is -0.497 e. The van der Waals surface area contributed by atoms with Gasteiger partial charge in [0.1, 0.15) is 11.4 Å². The van der Waals surface area contributed by atoms with Crippen molar-refractivity contribution >= 4 is 28.1 Å². The lowest BCUT2D eigenvalue weighted by molar-refractivity contribution is 0.0725. The largest absolute Gasteiger partial charge is 0.497 e. The molecule has 0 radical (unpaired) electrons. The first kappa shape index (κ1) is 19.2. The number of hydrogen-bond donors (Lipinski definition) is 1. The van der Waals surface area contributed by atoms with Crippen molar-refractivity contribution in [3.8, 4) is 5.75 Å². The molecular weight excluding hydrogens is 382 g/mol. The number of carbonyl (C=O) groups is 1. The average molecular weight is 406 g/mol. The van der Waals surface area contributed by atoms with Crippen LogP contribution in [0.1, 0.15) is 32.2 Å². The Bertz CT molecular complexity index is 1150. The average Bonchev–Trinajstić information content (AvgIpc) is 3.30. The maximum absolute atomic E-state index is 13.6. The topological polar surface area (TPSA) is 58.2 Å². The second-order valence-electron chi connectivity index (χ2n) is 7.04. The number of nitrogens with zero attached hydrogens (tertiary/aromatic N) is 2. The quantitative estimate of drug-likeness (QED) is 0.486. The van der Waals surface area contributed by atoms with Gasteiger partial charge >= 0.3 is 0 Å². The van der Waals surface area contributed by atoms with E-state index in [1.165, 1.54) is 0 Å². The van der Waals surface area contributed by atoms with Crippen LogP contribution in [0.25, 0.3) is 10.9 Å². The van der Waals surface area contributed by atoms with Crippen LogP contribution in [0.15, 0.2) is 54.0 Å². The van der Waals surface area contributed by atoms with Gasteiger partial charge in [0.15, 0.2) is 0 Å². The van der Waals surface area contributed by atoms with Gasteiger partial charge in [-0.15, -0.1) is 11.3 Å². The van der Waals surface area contributed by atoms with E-state index < -0.39 is 0 Å². The Morgan fingerprint density at radius 2 is 1.93 bits per heavy atom. The summed E-state index contributed by atoms with van der Waals surface area (Å²) >= 11 is 1.58. The van der Waals surface area contributed by atoms with Gasteiger partial charge in [-0.1, -0.05) is 30.3 Å². The molecule has 5 nitrogen and oxygen atoms in total. The Morgan fingerprint density at radius 3 is 2.62 bits per heavy atom. The van der Waals surface area contributed by atoms with Crippen LogP contribution in [0.5, 0.6) is 5.75 Å². The van der Waals surface area contributed by atoms with Crippen molar-refractivity contribution in [1.82, 2.24) is 14.9 Å². The predicted molar refractivity (Wildman–Crippen MR) is 116 cm³/mol. The van der Waals surface area contributed by atoms with Gasteiger partial charge in [0.25, 0.3) is 5.91 Å². The number of aryl methyl sites for hydroxylation is 2. The normalized spacial score (nSPS) is 11.0. The molecule has 0 unspecified atom stereocenters. The number of thiazole rings is 1. The van der Waals surface area contributed by atoms with Crippen LogP contribution in [-0.2, 0) is 13.1 Å². The minimum atomic E-state index is -0.0191. The third-order valence-electron chi connectivity index (χ3n) is 5.16. The van der Waals surface area contributed by atoms with Crippen LogP contribution >= 0.6 is 11.3 Å². The standard InChI is InChI=1S/C23H23N3O2S/c1-15-19-11-18(28-3)9-10-20(19)25-22(15)23(27)26(12-17-7-5-4-6-8-17)13-21-16(2)24-14-29-21/h4-11,14,25H,12-13H2,1-3H3. The molecule has 6 heteroatoms. The third-order valence-corrected chi connectivity index (χ3v) is 6.08. The van der Waals surface area contributed by atoms with Crippen molar-refractivity contribution in [2.45, 2.75) is 26.9 Å². The van der Waals surface area contributed by atoms with Gasteiger partial charge in [0.2, 0.25) is 0 Å². The van der Waals surface area contributed by atoms with Gasteiger partial charge in [-0.2, -0.15) is 0 Å². The second-order valence-corrected chi connectivity index (χ2v) is 7.98. The van der Waals surface area contributed by atoms with Crippen LogP contribution in [0, 0.1) is 13.8 Å². The van der Waals surface area contributed by atoms with Crippen molar-refractivity contribution in [2.24, 2.45) is 0 Å². The van der Waals surface area contributed by atoms with E-state index in [0.717, 1.165) is 38.4 Å². The number of ether oxygens (including phenoxy) is 1. The molecule has 1 amide bonds. The SMILES string of the molecule is COc1ccc2[nH]c(C(=O)N(Cc3ccccc3)Cc3scnc3C)c(C)c2c1. The predicted octanol–water partition coefficient (Wildman–Crippen LogP) is 5.09. The molecule has 0 fully saturated rings. The summed E-state index contributed by atoms with van der Waals surface area (Å²) in [5.41, 5.74) is 6.38. The molecule has 2 aromatic heterocycles. The number of H-pyrrole nitrogens is 1.